The molecule has 0 saturated heterocycles. The molecule has 0 aliphatic carbocycles. The van der Waals surface area contributed by atoms with E-state index in [1.54, 1.807) is 24.3 Å². The van der Waals surface area contributed by atoms with E-state index in [-0.39, 0.29) is 5.91 Å². The molecule has 3 rings (SSSR count). The van der Waals surface area contributed by atoms with Crippen LogP contribution < -0.4 is 10.6 Å². The molecule has 0 unspecified atom stereocenters. The molecule has 3 aromatic rings. The van der Waals surface area contributed by atoms with Crippen molar-refractivity contribution in [2.45, 2.75) is 20.3 Å². The molecule has 0 aliphatic heterocycles. The molecule has 0 fully saturated rings. The predicted molar refractivity (Wildman–Crippen MR) is 105 cm³/mol. The van der Waals surface area contributed by atoms with E-state index < -0.39 is 0 Å². The van der Waals surface area contributed by atoms with Gasteiger partial charge in [-0.05, 0) is 55.3 Å². The molecule has 0 bridgehead atoms. The summed E-state index contributed by atoms with van der Waals surface area (Å²) in [5, 5.41) is 6.82. The molecule has 0 radical (unpaired) electrons. The van der Waals surface area contributed by atoms with E-state index in [1.807, 2.05) is 38.1 Å². The first-order chi connectivity index (χ1) is 12.5. The SMILES string of the molecule is CCc1ccc(Nc2cc(C)ncn2)cc1NC(=O)c1ccc(Cl)cc1. The third-order valence-electron chi connectivity index (χ3n) is 3.92. The summed E-state index contributed by atoms with van der Waals surface area (Å²) < 4.78 is 0. The summed E-state index contributed by atoms with van der Waals surface area (Å²) in [7, 11) is 0. The topological polar surface area (TPSA) is 66.9 Å². The van der Waals surface area contributed by atoms with Gasteiger partial charge >= 0.3 is 0 Å². The van der Waals surface area contributed by atoms with Crippen LogP contribution in [-0.2, 0) is 6.42 Å². The fourth-order valence-electron chi connectivity index (χ4n) is 2.55. The number of amides is 1. The van der Waals surface area contributed by atoms with E-state index in [1.165, 1.54) is 6.33 Å². The molecular formula is C20H19ClN4O. The number of nitrogens with one attached hydrogen (secondary N) is 2. The van der Waals surface area contributed by atoms with E-state index in [0.717, 1.165) is 29.1 Å². The Hall–Kier alpha value is -2.92. The average molecular weight is 367 g/mol. The molecule has 5 nitrogen and oxygen atoms in total. The van der Waals surface area contributed by atoms with Crippen LogP contribution in [0.1, 0.15) is 28.5 Å². The molecule has 0 saturated carbocycles. The van der Waals surface area contributed by atoms with Gasteiger partial charge in [-0.3, -0.25) is 4.79 Å². The van der Waals surface area contributed by atoms with Gasteiger partial charge in [-0.15, -0.1) is 0 Å². The first kappa shape index (κ1) is 17.9. The monoisotopic (exact) mass is 366 g/mol. The lowest BCUT2D eigenvalue weighted by Crippen LogP contribution is -2.13. The summed E-state index contributed by atoms with van der Waals surface area (Å²) >= 11 is 5.88. The summed E-state index contributed by atoms with van der Waals surface area (Å²) in [5.41, 5.74) is 4.09. The van der Waals surface area contributed by atoms with Crippen molar-refractivity contribution in [2.75, 3.05) is 10.6 Å². The molecular weight excluding hydrogens is 348 g/mol. The molecule has 2 aromatic carbocycles. The maximum Gasteiger partial charge on any atom is 0.255 e. The van der Waals surface area contributed by atoms with Crippen LogP contribution in [0.25, 0.3) is 0 Å². The summed E-state index contributed by atoms with van der Waals surface area (Å²) in [6.07, 6.45) is 2.32. The van der Waals surface area contributed by atoms with Crippen molar-refractivity contribution >= 4 is 34.7 Å². The molecule has 1 amide bonds. The van der Waals surface area contributed by atoms with E-state index in [0.29, 0.717) is 16.4 Å². The van der Waals surface area contributed by atoms with E-state index in [9.17, 15) is 4.79 Å². The Kier molecular flexibility index (Phi) is 5.49. The van der Waals surface area contributed by atoms with Gasteiger partial charge in [0.25, 0.3) is 5.91 Å². The second kappa shape index (κ2) is 7.97. The number of aryl methyl sites for hydroxylation is 2. The van der Waals surface area contributed by atoms with Gasteiger partial charge < -0.3 is 10.6 Å². The summed E-state index contributed by atoms with van der Waals surface area (Å²) in [6.45, 7) is 3.96. The molecule has 1 aromatic heterocycles. The van der Waals surface area contributed by atoms with Crippen LogP contribution in [0, 0.1) is 6.92 Å². The number of carbonyl (C=O) groups is 1. The molecule has 2 N–H and O–H groups in total. The maximum absolute atomic E-state index is 12.5. The van der Waals surface area contributed by atoms with Gasteiger partial charge in [-0.1, -0.05) is 24.6 Å². The standard InChI is InChI=1S/C20H19ClN4O/c1-3-14-6-9-17(24-19-10-13(2)22-12-23-19)11-18(14)25-20(26)15-4-7-16(21)8-5-15/h4-12H,3H2,1-2H3,(H,25,26)(H,22,23,24). The number of hydrogen-bond acceptors (Lipinski definition) is 4. The average Bonchev–Trinajstić information content (AvgIpc) is 2.62. The Labute approximate surface area is 157 Å². The zero-order valence-electron chi connectivity index (χ0n) is 14.6. The highest BCUT2D eigenvalue weighted by molar-refractivity contribution is 6.30. The number of carbonyl (C=O) groups excluding carboxylic acids is 1. The number of halogens is 1. The lowest BCUT2D eigenvalue weighted by Gasteiger charge is -2.13. The zero-order chi connectivity index (χ0) is 18.5. The van der Waals surface area contributed by atoms with Crippen molar-refractivity contribution in [1.82, 2.24) is 9.97 Å². The number of aromatic nitrogens is 2. The highest BCUT2D eigenvalue weighted by Gasteiger charge is 2.10. The van der Waals surface area contributed by atoms with Crippen molar-refractivity contribution in [1.29, 1.82) is 0 Å². The van der Waals surface area contributed by atoms with Crippen molar-refractivity contribution in [2.24, 2.45) is 0 Å². The van der Waals surface area contributed by atoms with Crippen molar-refractivity contribution in [3.8, 4) is 0 Å². The first-order valence-electron chi connectivity index (χ1n) is 8.30. The fraction of sp³-hybridized carbons (Fsp3) is 0.150. The Morgan fingerprint density at radius 3 is 2.54 bits per heavy atom. The number of benzene rings is 2. The lowest BCUT2D eigenvalue weighted by atomic mass is 10.1. The quantitative estimate of drug-likeness (QED) is 0.667. The zero-order valence-corrected chi connectivity index (χ0v) is 15.3. The van der Waals surface area contributed by atoms with Gasteiger partial charge in [0.2, 0.25) is 0 Å². The minimum absolute atomic E-state index is 0.175. The first-order valence-corrected chi connectivity index (χ1v) is 8.68. The predicted octanol–water partition coefficient (Wildman–Crippen LogP) is 5.00. The minimum atomic E-state index is -0.175. The van der Waals surface area contributed by atoms with Crippen molar-refractivity contribution in [3.05, 3.63) is 76.7 Å². The van der Waals surface area contributed by atoms with Crippen LogP contribution >= 0.6 is 11.6 Å². The Balaban J connectivity index is 1.83. The normalized spacial score (nSPS) is 10.4. The molecule has 1 heterocycles. The molecule has 0 atom stereocenters. The largest absolute Gasteiger partial charge is 0.340 e. The number of anilines is 3. The van der Waals surface area contributed by atoms with Gasteiger partial charge in [-0.25, -0.2) is 9.97 Å². The molecule has 0 spiro atoms. The van der Waals surface area contributed by atoms with Gasteiger partial charge in [-0.2, -0.15) is 0 Å². The van der Waals surface area contributed by atoms with E-state index in [2.05, 4.69) is 20.6 Å². The number of hydrogen-bond donors (Lipinski definition) is 2. The van der Waals surface area contributed by atoms with Gasteiger partial charge in [0.1, 0.15) is 12.1 Å². The Morgan fingerprint density at radius 1 is 1.08 bits per heavy atom. The summed E-state index contributed by atoms with van der Waals surface area (Å²) in [6, 6.07) is 14.5. The Morgan fingerprint density at radius 2 is 1.85 bits per heavy atom. The van der Waals surface area contributed by atoms with Crippen LogP contribution in [0.15, 0.2) is 54.9 Å². The van der Waals surface area contributed by atoms with Crippen LogP contribution in [0.5, 0.6) is 0 Å². The molecule has 6 heteroatoms. The summed E-state index contributed by atoms with van der Waals surface area (Å²) in [5.74, 6) is 0.531. The second-order valence-electron chi connectivity index (χ2n) is 5.86. The van der Waals surface area contributed by atoms with E-state index >= 15 is 0 Å². The summed E-state index contributed by atoms with van der Waals surface area (Å²) in [4.78, 5) is 20.8. The minimum Gasteiger partial charge on any atom is -0.340 e. The fourth-order valence-corrected chi connectivity index (χ4v) is 2.67. The Bertz CT molecular complexity index is 925. The van der Waals surface area contributed by atoms with Gasteiger partial charge in [0.15, 0.2) is 0 Å². The van der Waals surface area contributed by atoms with Crippen molar-refractivity contribution in [3.63, 3.8) is 0 Å². The van der Waals surface area contributed by atoms with Gasteiger partial charge in [0, 0.05) is 33.7 Å². The van der Waals surface area contributed by atoms with Crippen molar-refractivity contribution < 1.29 is 4.79 Å². The smallest absolute Gasteiger partial charge is 0.255 e. The van der Waals surface area contributed by atoms with Crippen LogP contribution in [0.3, 0.4) is 0 Å². The van der Waals surface area contributed by atoms with Crippen LogP contribution in [0.4, 0.5) is 17.2 Å². The van der Waals surface area contributed by atoms with Crippen LogP contribution in [0.2, 0.25) is 5.02 Å². The number of nitrogens with zero attached hydrogens (tertiary/aromatic N) is 2. The van der Waals surface area contributed by atoms with Crippen LogP contribution in [-0.4, -0.2) is 15.9 Å². The lowest BCUT2D eigenvalue weighted by molar-refractivity contribution is 0.102. The highest BCUT2D eigenvalue weighted by atomic mass is 35.5. The maximum atomic E-state index is 12.5. The molecule has 26 heavy (non-hydrogen) atoms. The van der Waals surface area contributed by atoms with E-state index in [4.69, 9.17) is 11.6 Å². The molecule has 0 aliphatic rings. The van der Waals surface area contributed by atoms with Gasteiger partial charge in [0.05, 0.1) is 0 Å². The molecule has 132 valence electrons. The third kappa shape index (κ3) is 4.37. The number of rotatable bonds is 5. The highest BCUT2D eigenvalue weighted by Crippen LogP contribution is 2.24. The second-order valence-corrected chi connectivity index (χ2v) is 6.29. The third-order valence-corrected chi connectivity index (χ3v) is 4.17.